The zero-order valence-electron chi connectivity index (χ0n) is 11.7. The van der Waals surface area contributed by atoms with Crippen LogP contribution in [0.25, 0.3) is 0 Å². The summed E-state index contributed by atoms with van der Waals surface area (Å²) in [7, 11) is 0. The zero-order chi connectivity index (χ0) is 13.9. The molecule has 5 nitrogen and oxygen atoms in total. The van der Waals surface area contributed by atoms with Gasteiger partial charge in [-0.3, -0.25) is 4.90 Å². The number of hydrogen-bond acceptors (Lipinski definition) is 5. The molecule has 0 bridgehead atoms. The molecule has 1 aliphatic heterocycles. The molecule has 2 aromatic rings. The Labute approximate surface area is 118 Å². The van der Waals surface area contributed by atoms with Crippen LogP contribution in [0.15, 0.2) is 28.9 Å². The summed E-state index contributed by atoms with van der Waals surface area (Å²) in [5, 5.41) is 4.19. The van der Waals surface area contributed by atoms with Gasteiger partial charge in [-0.2, -0.15) is 0 Å². The van der Waals surface area contributed by atoms with Crippen molar-refractivity contribution >= 4 is 5.82 Å². The van der Waals surface area contributed by atoms with Gasteiger partial charge in [-0.05, 0) is 32.4 Å². The summed E-state index contributed by atoms with van der Waals surface area (Å²) in [6.45, 7) is 3.81. The number of rotatable bonds is 3. The smallest absolute Gasteiger partial charge is 0.133 e. The van der Waals surface area contributed by atoms with Crippen LogP contribution in [-0.4, -0.2) is 21.6 Å². The largest absolute Gasteiger partial charge is 0.383 e. The second kappa shape index (κ2) is 5.63. The van der Waals surface area contributed by atoms with Gasteiger partial charge in [0.1, 0.15) is 17.3 Å². The lowest BCUT2D eigenvalue weighted by molar-refractivity contribution is 0.134. The molecule has 1 fully saturated rings. The van der Waals surface area contributed by atoms with Crippen LogP contribution in [0.2, 0.25) is 0 Å². The highest BCUT2D eigenvalue weighted by atomic mass is 16.5. The molecule has 3 rings (SSSR count). The Kier molecular flexibility index (Phi) is 3.69. The van der Waals surface area contributed by atoms with Crippen LogP contribution in [0.1, 0.15) is 42.3 Å². The zero-order valence-corrected chi connectivity index (χ0v) is 11.7. The lowest BCUT2D eigenvalue weighted by Crippen LogP contribution is -2.33. The van der Waals surface area contributed by atoms with Crippen LogP contribution in [0.4, 0.5) is 5.82 Å². The predicted octanol–water partition coefficient (Wildman–Crippen LogP) is 2.69. The highest BCUT2D eigenvalue weighted by Gasteiger charge is 2.26. The molecule has 1 unspecified atom stereocenters. The van der Waals surface area contributed by atoms with Gasteiger partial charge in [0, 0.05) is 24.4 Å². The molecule has 0 aliphatic carbocycles. The molecule has 2 aromatic heterocycles. The van der Waals surface area contributed by atoms with Gasteiger partial charge in [0.15, 0.2) is 0 Å². The molecule has 0 radical (unpaired) electrons. The van der Waals surface area contributed by atoms with Crippen molar-refractivity contribution in [3.63, 3.8) is 0 Å². The number of hydrogen-bond donors (Lipinski definition) is 1. The minimum Gasteiger partial charge on any atom is -0.383 e. The Balaban J connectivity index is 1.81. The highest BCUT2D eigenvalue weighted by molar-refractivity contribution is 5.38. The molecule has 3 heterocycles. The minimum absolute atomic E-state index is 0.320. The van der Waals surface area contributed by atoms with Crippen molar-refractivity contribution in [3.8, 4) is 0 Å². The van der Waals surface area contributed by atoms with Crippen molar-refractivity contribution in [1.82, 2.24) is 15.0 Å². The van der Waals surface area contributed by atoms with Gasteiger partial charge in [-0.25, -0.2) is 4.98 Å². The van der Waals surface area contributed by atoms with E-state index in [-0.39, 0.29) is 0 Å². The van der Waals surface area contributed by atoms with E-state index in [2.05, 4.69) is 15.0 Å². The average Bonchev–Trinajstić information content (AvgIpc) is 2.88. The van der Waals surface area contributed by atoms with Crippen LogP contribution in [0.5, 0.6) is 0 Å². The first-order valence-electron chi connectivity index (χ1n) is 7.10. The number of piperidine rings is 1. The second-order valence-electron chi connectivity index (χ2n) is 5.39. The number of aromatic nitrogens is 2. The van der Waals surface area contributed by atoms with Crippen molar-refractivity contribution < 1.29 is 4.52 Å². The Bertz CT molecular complexity index is 581. The normalized spacial score (nSPS) is 20.1. The number of pyridine rings is 1. The van der Waals surface area contributed by atoms with Gasteiger partial charge in [-0.1, -0.05) is 17.6 Å². The summed E-state index contributed by atoms with van der Waals surface area (Å²) in [6.07, 6.45) is 5.29. The Hall–Kier alpha value is -1.88. The first-order chi connectivity index (χ1) is 9.74. The molecule has 0 saturated carbocycles. The predicted molar refractivity (Wildman–Crippen MR) is 76.9 cm³/mol. The second-order valence-corrected chi connectivity index (χ2v) is 5.39. The van der Waals surface area contributed by atoms with Crippen molar-refractivity contribution in [2.45, 2.75) is 38.8 Å². The van der Waals surface area contributed by atoms with Crippen molar-refractivity contribution in [3.05, 3.63) is 41.4 Å². The van der Waals surface area contributed by atoms with Gasteiger partial charge >= 0.3 is 0 Å². The standard InChI is InChI=1S/C15H20N4O/c1-11-9-13(18-20-11)14-6-2-3-8-19(14)10-12-5-4-7-17-15(12)16/h4-5,7,9,14H,2-3,6,8,10H2,1H3,(H2,16,17). The summed E-state index contributed by atoms with van der Waals surface area (Å²) in [6, 6.07) is 6.34. The van der Waals surface area contributed by atoms with Gasteiger partial charge in [0.2, 0.25) is 0 Å². The monoisotopic (exact) mass is 272 g/mol. The fourth-order valence-electron chi connectivity index (χ4n) is 2.86. The van der Waals surface area contributed by atoms with E-state index in [0.717, 1.165) is 36.5 Å². The van der Waals surface area contributed by atoms with Gasteiger partial charge in [-0.15, -0.1) is 0 Å². The Morgan fingerprint density at radius 1 is 1.45 bits per heavy atom. The summed E-state index contributed by atoms with van der Waals surface area (Å²) < 4.78 is 5.23. The molecule has 0 amide bonds. The molecule has 2 N–H and O–H groups in total. The third-order valence-corrected chi connectivity index (χ3v) is 3.90. The number of likely N-dealkylation sites (tertiary alicyclic amines) is 1. The van der Waals surface area contributed by atoms with E-state index in [1.165, 1.54) is 12.8 Å². The van der Waals surface area contributed by atoms with E-state index in [9.17, 15) is 0 Å². The van der Waals surface area contributed by atoms with E-state index in [1.54, 1.807) is 6.20 Å². The lowest BCUT2D eigenvalue weighted by Gasteiger charge is -2.34. The van der Waals surface area contributed by atoms with Crippen molar-refractivity contribution in [2.24, 2.45) is 0 Å². The number of aryl methyl sites for hydroxylation is 1. The average molecular weight is 272 g/mol. The summed E-state index contributed by atoms with van der Waals surface area (Å²) in [4.78, 5) is 6.59. The molecule has 1 saturated heterocycles. The van der Waals surface area contributed by atoms with E-state index in [0.29, 0.717) is 11.9 Å². The van der Waals surface area contributed by atoms with Gasteiger partial charge < -0.3 is 10.3 Å². The first kappa shape index (κ1) is 13.1. The van der Waals surface area contributed by atoms with Crippen LogP contribution >= 0.6 is 0 Å². The van der Waals surface area contributed by atoms with Crippen LogP contribution in [-0.2, 0) is 6.54 Å². The number of nitrogens with zero attached hydrogens (tertiary/aromatic N) is 3. The maximum atomic E-state index is 5.95. The molecule has 5 heteroatoms. The fraction of sp³-hybridized carbons (Fsp3) is 0.467. The quantitative estimate of drug-likeness (QED) is 0.930. The highest BCUT2D eigenvalue weighted by Crippen LogP contribution is 2.32. The summed E-state index contributed by atoms with van der Waals surface area (Å²) in [5.41, 5.74) is 8.07. The third kappa shape index (κ3) is 2.67. The lowest BCUT2D eigenvalue weighted by atomic mass is 9.98. The minimum atomic E-state index is 0.320. The first-order valence-corrected chi connectivity index (χ1v) is 7.10. The number of nitrogen functional groups attached to an aromatic ring is 1. The van der Waals surface area contributed by atoms with E-state index in [4.69, 9.17) is 10.3 Å². The fourth-order valence-corrected chi connectivity index (χ4v) is 2.86. The maximum absolute atomic E-state index is 5.95. The van der Waals surface area contributed by atoms with Crippen LogP contribution in [0.3, 0.4) is 0 Å². The topological polar surface area (TPSA) is 68.2 Å². The maximum Gasteiger partial charge on any atom is 0.133 e. The molecule has 0 aromatic carbocycles. The van der Waals surface area contributed by atoms with Crippen LogP contribution in [0, 0.1) is 6.92 Å². The Morgan fingerprint density at radius 3 is 3.10 bits per heavy atom. The summed E-state index contributed by atoms with van der Waals surface area (Å²) in [5.74, 6) is 1.49. The van der Waals surface area contributed by atoms with E-state index >= 15 is 0 Å². The van der Waals surface area contributed by atoms with Gasteiger partial charge in [0.05, 0.1) is 6.04 Å². The number of anilines is 1. The Morgan fingerprint density at radius 2 is 2.35 bits per heavy atom. The van der Waals surface area contributed by atoms with Crippen molar-refractivity contribution in [2.75, 3.05) is 12.3 Å². The van der Waals surface area contributed by atoms with Gasteiger partial charge in [0.25, 0.3) is 0 Å². The number of nitrogens with two attached hydrogens (primary N) is 1. The molecule has 106 valence electrons. The molecule has 1 atom stereocenters. The van der Waals surface area contributed by atoms with E-state index in [1.807, 2.05) is 25.1 Å². The molecule has 20 heavy (non-hydrogen) atoms. The van der Waals surface area contributed by atoms with Crippen LogP contribution < -0.4 is 5.73 Å². The molecule has 0 spiro atoms. The van der Waals surface area contributed by atoms with E-state index < -0.39 is 0 Å². The summed E-state index contributed by atoms with van der Waals surface area (Å²) >= 11 is 0. The molecular formula is C15H20N4O. The third-order valence-electron chi connectivity index (χ3n) is 3.90. The molecular weight excluding hydrogens is 252 g/mol. The molecule has 1 aliphatic rings. The van der Waals surface area contributed by atoms with Crippen molar-refractivity contribution in [1.29, 1.82) is 0 Å². The SMILES string of the molecule is Cc1cc(C2CCCCN2Cc2cccnc2N)no1.